The number of ether oxygens (including phenoxy) is 1. The third kappa shape index (κ3) is 2.66. The Kier molecular flexibility index (Phi) is 4.22. The molecule has 0 aliphatic carbocycles. The van der Waals surface area contributed by atoms with Gasteiger partial charge in [-0.15, -0.1) is 0 Å². The van der Waals surface area contributed by atoms with Crippen LogP contribution in [0.25, 0.3) is 0 Å². The van der Waals surface area contributed by atoms with Gasteiger partial charge in [-0.1, -0.05) is 0 Å². The number of aliphatic imine (C=N–C) groups is 2. The van der Waals surface area contributed by atoms with Crippen molar-refractivity contribution in [2.45, 2.75) is 30.7 Å². The highest BCUT2D eigenvalue weighted by atomic mass is 16.8. The molecule has 2 aliphatic rings. The van der Waals surface area contributed by atoms with Gasteiger partial charge in [0.2, 0.25) is 6.29 Å². The topological polar surface area (TPSA) is 127 Å². The van der Waals surface area contributed by atoms with Gasteiger partial charge in [-0.25, -0.2) is 19.9 Å². The van der Waals surface area contributed by atoms with E-state index in [0.29, 0.717) is 0 Å². The highest BCUT2D eigenvalue weighted by Crippen LogP contribution is 2.22. The molecular formula is C9H15N3O6. The second-order valence-electron chi connectivity index (χ2n) is 3.92. The molecule has 102 valence electrons. The first-order valence-electron chi connectivity index (χ1n) is 5.39. The van der Waals surface area contributed by atoms with Gasteiger partial charge in [0.1, 0.15) is 43.8 Å². The maximum absolute atomic E-state index is 9.70. The largest absolute Gasteiger partial charge is 0.394 e. The summed E-state index contributed by atoms with van der Waals surface area (Å²) in [6.07, 6.45) is -3.87. The molecule has 4 N–H and O–H groups in total. The fourth-order valence-electron chi connectivity index (χ4n) is 1.65. The molecule has 0 aromatic heterocycles. The lowest BCUT2D eigenvalue weighted by Crippen LogP contribution is -2.60. The number of hydroxylamine groups is 2. The Balaban J connectivity index is 1.98. The zero-order valence-electron chi connectivity index (χ0n) is 9.40. The SMILES string of the molecule is OC[C@H]1OC(ON2C=NC=NC2)[C@H](O)[C@@H](O)[C@@H]1O. The Morgan fingerprint density at radius 3 is 2.67 bits per heavy atom. The van der Waals surface area contributed by atoms with Gasteiger partial charge >= 0.3 is 0 Å². The van der Waals surface area contributed by atoms with Gasteiger partial charge in [0.25, 0.3) is 0 Å². The van der Waals surface area contributed by atoms with E-state index in [9.17, 15) is 15.3 Å². The van der Waals surface area contributed by atoms with Crippen LogP contribution >= 0.6 is 0 Å². The molecule has 1 fully saturated rings. The van der Waals surface area contributed by atoms with Crippen molar-refractivity contribution in [2.75, 3.05) is 13.3 Å². The molecule has 0 spiro atoms. The summed E-state index contributed by atoms with van der Waals surface area (Å²) in [7, 11) is 0. The van der Waals surface area contributed by atoms with E-state index in [1.807, 2.05) is 0 Å². The van der Waals surface area contributed by atoms with Crippen LogP contribution in [0, 0.1) is 0 Å². The van der Waals surface area contributed by atoms with Gasteiger partial charge < -0.3 is 25.2 Å². The molecule has 0 amide bonds. The summed E-state index contributed by atoms with van der Waals surface area (Å²) in [4.78, 5) is 12.7. The van der Waals surface area contributed by atoms with Crippen molar-refractivity contribution in [3.63, 3.8) is 0 Å². The van der Waals surface area contributed by atoms with E-state index in [1.165, 1.54) is 17.7 Å². The van der Waals surface area contributed by atoms with E-state index in [2.05, 4.69) is 9.98 Å². The van der Waals surface area contributed by atoms with Gasteiger partial charge in [0.15, 0.2) is 0 Å². The molecule has 18 heavy (non-hydrogen) atoms. The van der Waals surface area contributed by atoms with Crippen LogP contribution in [0.1, 0.15) is 0 Å². The van der Waals surface area contributed by atoms with Crippen LogP contribution in [0.15, 0.2) is 9.98 Å². The summed E-state index contributed by atoms with van der Waals surface area (Å²) in [6, 6.07) is 0. The minimum atomic E-state index is -1.47. The Hall–Kier alpha value is -1.10. The predicted octanol–water partition coefficient (Wildman–Crippen LogP) is -2.95. The molecule has 0 aromatic rings. The highest BCUT2D eigenvalue weighted by Gasteiger charge is 2.44. The molecule has 5 atom stereocenters. The standard InChI is InChI=1S/C9H15N3O6/c13-1-5-6(14)7(15)8(16)9(17-5)18-12-3-10-2-11-4-12/h2-3,5-9,13-16H,1,4H2/t5-,6-,7+,8-,9?/m1/s1. The highest BCUT2D eigenvalue weighted by molar-refractivity contribution is 5.72. The Labute approximate surface area is 103 Å². The van der Waals surface area contributed by atoms with Crippen LogP contribution in [0.2, 0.25) is 0 Å². The van der Waals surface area contributed by atoms with Crippen molar-refractivity contribution in [3.05, 3.63) is 0 Å². The summed E-state index contributed by atoms with van der Waals surface area (Å²) in [6.45, 7) is -0.338. The molecule has 1 unspecified atom stereocenters. The third-order valence-electron chi connectivity index (χ3n) is 2.65. The Morgan fingerprint density at radius 2 is 2.06 bits per heavy atom. The summed E-state index contributed by atoms with van der Waals surface area (Å²) in [5, 5.41) is 39.0. The normalized spacial score (nSPS) is 40.2. The molecule has 9 heteroatoms. The van der Waals surface area contributed by atoms with E-state index in [0.717, 1.165) is 0 Å². The molecule has 1 saturated heterocycles. The van der Waals surface area contributed by atoms with Gasteiger partial charge in [-0.05, 0) is 0 Å². The van der Waals surface area contributed by atoms with Crippen LogP contribution < -0.4 is 0 Å². The molecular weight excluding hydrogens is 246 g/mol. The van der Waals surface area contributed by atoms with Crippen molar-refractivity contribution >= 4 is 12.7 Å². The van der Waals surface area contributed by atoms with Crippen molar-refractivity contribution in [3.8, 4) is 0 Å². The van der Waals surface area contributed by atoms with E-state index in [1.54, 1.807) is 0 Å². The molecule has 2 heterocycles. The summed E-state index contributed by atoms with van der Waals surface area (Å²) < 4.78 is 5.15. The van der Waals surface area contributed by atoms with Gasteiger partial charge in [0.05, 0.1) is 6.61 Å². The third-order valence-corrected chi connectivity index (χ3v) is 2.65. The second kappa shape index (κ2) is 5.69. The molecule has 0 aromatic carbocycles. The quantitative estimate of drug-likeness (QED) is 0.427. The molecule has 2 aliphatic heterocycles. The lowest BCUT2D eigenvalue weighted by Gasteiger charge is -2.40. The zero-order chi connectivity index (χ0) is 13.1. The Bertz CT molecular complexity index is 336. The van der Waals surface area contributed by atoms with Gasteiger partial charge in [0, 0.05) is 0 Å². The summed E-state index contributed by atoms with van der Waals surface area (Å²) in [5.41, 5.74) is 0. The number of aliphatic hydroxyl groups excluding tert-OH is 4. The predicted molar refractivity (Wildman–Crippen MR) is 58.5 cm³/mol. The molecule has 0 radical (unpaired) electrons. The van der Waals surface area contributed by atoms with E-state index < -0.39 is 37.3 Å². The number of nitrogens with zero attached hydrogens (tertiary/aromatic N) is 3. The zero-order valence-corrected chi connectivity index (χ0v) is 9.40. The maximum atomic E-state index is 9.70. The monoisotopic (exact) mass is 261 g/mol. The first-order valence-corrected chi connectivity index (χ1v) is 5.39. The lowest BCUT2D eigenvalue weighted by atomic mass is 9.99. The van der Waals surface area contributed by atoms with Crippen LogP contribution in [0.5, 0.6) is 0 Å². The number of hydrogen-bond donors (Lipinski definition) is 4. The Morgan fingerprint density at radius 1 is 1.28 bits per heavy atom. The first kappa shape index (κ1) is 13.3. The van der Waals surface area contributed by atoms with E-state index >= 15 is 0 Å². The lowest BCUT2D eigenvalue weighted by molar-refractivity contribution is -0.345. The molecule has 0 saturated carbocycles. The fraction of sp³-hybridized carbons (Fsp3) is 0.778. The average Bonchev–Trinajstić information content (AvgIpc) is 2.40. The van der Waals surface area contributed by atoms with Gasteiger partial charge in [-0.2, -0.15) is 0 Å². The average molecular weight is 261 g/mol. The van der Waals surface area contributed by atoms with Crippen LogP contribution in [-0.4, -0.2) is 82.1 Å². The van der Waals surface area contributed by atoms with Crippen LogP contribution in [0.3, 0.4) is 0 Å². The minimum Gasteiger partial charge on any atom is -0.394 e. The fourth-order valence-corrected chi connectivity index (χ4v) is 1.65. The smallest absolute Gasteiger partial charge is 0.213 e. The van der Waals surface area contributed by atoms with Crippen LogP contribution in [0.4, 0.5) is 0 Å². The van der Waals surface area contributed by atoms with Crippen molar-refractivity contribution in [2.24, 2.45) is 9.98 Å². The van der Waals surface area contributed by atoms with Crippen molar-refractivity contribution < 1.29 is 30.0 Å². The minimum absolute atomic E-state index is 0.165. The summed E-state index contributed by atoms with van der Waals surface area (Å²) >= 11 is 0. The van der Waals surface area contributed by atoms with E-state index in [-0.39, 0.29) is 6.67 Å². The molecule has 0 bridgehead atoms. The van der Waals surface area contributed by atoms with Crippen molar-refractivity contribution in [1.82, 2.24) is 5.06 Å². The van der Waals surface area contributed by atoms with Gasteiger partial charge in [-0.3, -0.25) is 0 Å². The molecule has 2 rings (SSSR count). The first-order chi connectivity index (χ1) is 8.63. The number of rotatable bonds is 3. The second-order valence-corrected chi connectivity index (χ2v) is 3.92. The maximum Gasteiger partial charge on any atom is 0.213 e. The summed E-state index contributed by atoms with van der Waals surface area (Å²) in [5.74, 6) is 0. The number of hydrogen-bond acceptors (Lipinski definition) is 9. The van der Waals surface area contributed by atoms with Crippen molar-refractivity contribution in [1.29, 1.82) is 0 Å². The van der Waals surface area contributed by atoms with Crippen LogP contribution in [-0.2, 0) is 9.57 Å². The van der Waals surface area contributed by atoms with E-state index in [4.69, 9.17) is 14.7 Å². The number of aliphatic hydroxyl groups is 4. The molecule has 9 nitrogen and oxygen atoms in total.